The van der Waals surface area contributed by atoms with Gasteiger partial charge in [-0.2, -0.15) is 5.10 Å². The average molecular weight is 337 g/mol. The van der Waals surface area contributed by atoms with Crippen molar-refractivity contribution in [3.8, 4) is 5.75 Å². The van der Waals surface area contributed by atoms with Gasteiger partial charge in [0.25, 0.3) is 0 Å². The first-order valence-corrected chi connectivity index (χ1v) is 8.84. The topological polar surface area (TPSA) is 39.1 Å². The number of fused-ring (bicyclic) bond motifs is 1. The molecule has 0 amide bonds. The number of rotatable bonds is 7. The summed E-state index contributed by atoms with van der Waals surface area (Å²) in [6.45, 7) is 6.34. The molecule has 4 nitrogen and oxygen atoms in total. The predicted octanol–water partition coefficient (Wildman–Crippen LogP) is 4.11. The summed E-state index contributed by atoms with van der Waals surface area (Å²) in [5.74, 6) is 1.92. The van der Waals surface area contributed by atoms with Crippen LogP contribution in [0.3, 0.4) is 0 Å². The van der Waals surface area contributed by atoms with E-state index in [4.69, 9.17) is 4.74 Å². The van der Waals surface area contributed by atoms with Gasteiger partial charge in [-0.15, -0.1) is 0 Å². The van der Waals surface area contributed by atoms with E-state index in [1.807, 2.05) is 24.0 Å². The zero-order chi connectivity index (χ0) is 17.8. The summed E-state index contributed by atoms with van der Waals surface area (Å²) in [5.41, 5.74) is 2.58. The molecule has 0 aliphatic rings. The average Bonchev–Trinajstić information content (AvgIpc) is 3.03. The maximum Gasteiger partial charge on any atom is 0.119 e. The molecule has 0 bridgehead atoms. The smallest absolute Gasteiger partial charge is 0.119 e. The maximum absolute atomic E-state index is 5.29. The van der Waals surface area contributed by atoms with Crippen LogP contribution in [-0.2, 0) is 13.6 Å². The zero-order valence-corrected chi connectivity index (χ0v) is 15.5. The Bertz CT molecular complexity index is 838. The molecule has 4 heteroatoms. The Morgan fingerprint density at radius 2 is 1.84 bits per heavy atom. The Balaban J connectivity index is 1.66. The number of methoxy groups -OCH3 is 1. The zero-order valence-electron chi connectivity index (χ0n) is 15.5. The van der Waals surface area contributed by atoms with Crippen molar-refractivity contribution in [2.75, 3.05) is 13.7 Å². The Morgan fingerprint density at radius 1 is 1.08 bits per heavy atom. The fourth-order valence-electron chi connectivity index (χ4n) is 3.31. The van der Waals surface area contributed by atoms with Crippen LogP contribution in [0.15, 0.2) is 48.7 Å². The molecule has 0 saturated heterocycles. The highest BCUT2D eigenvalue weighted by atomic mass is 16.5. The molecule has 132 valence electrons. The largest absolute Gasteiger partial charge is 0.497 e. The maximum atomic E-state index is 5.29. The van der Waals surface area contributed by atoms with E-state index < -0.39 is 0 Å². The van der Waals surface area contributed by atoms with E-state index in [0.29, 0.717) is 11.8 Å². The quantitative estimate of drug-likeness (QED) is 0.705. The lowest BCUT2D eigenvalue weighted by Gasteiger charge is -2.21. The summed E-state index contributed by atoms with van der Waals surface area (Å²) in [5, 5.41) is 10.4. The fraction of sp³-hybridized carbons (Fsp3) is 0.381. The molecule has 3 rings (SSSR count). The number of benzene rings is 2. The molecule has 1 N–H and O–H groups in total. The van der Waals surface area contributed by atoms with Crippen LogP contribution >= 0.6 is 0 Å². The summed E-state index contributed by atoms with van der Waals surface area (Å²) in [6, 6.07) is 14.9. The van der Waals surface area contributed by atoms with Crippen LogP contribution in [0.5, 0.6) is 5.75 Å². The first kappa shape index (κ1) is 17.5. The lowest BCUT2D eigenvalue weighted by atomic mass is 9.92. The van der Waals surface area contributed by atoms with E-state index in [9.17, 15) is 0 Å². The molecule has 0 aliphatic carbocycles. The van der Waals surface area contributed by atoms with Crippen LogP contribution in [0.25, 0.3) is 10.8 Å². The number of nitrogens with zero attached hydrogens (tertiary/aromatic N) is 2. The highest BCUT2D eigenvalue weighted by Gasteiger charge is 2.18. The monoisotopic (exact) mass is 337 g/mol. The van der Waals surface area contributed by atoms with Gasteiger partial charge in [-0.1, -0.05) is 32.0 Å². The molecule has 1 atom stereocenters. The first-order valence-electron chi connectivity index (χ1n) is 8.84. The van der Waals surface area contributed by atoms with Crippen molar-refractivity contribution in [1.29, 1.82) is 0 Å². The SMILES string of the molecule is COc1ccc2cc(CNCC(c3ccnn3C)C(C)C)ccc2c1. The van der Waals surface area contributed by atoms with Gasteiger partial charge in [0.15, 0.2) is 0 Å². The van der Waals surface area contributed by atoms with E-state index in [1.165, 1.54) is 22.0 Å². The minimum absolute atomic E-state index is 0.456. The van der Waals surface area contributed by atoms with Gasteiger partial charge < -0.3 is 10.1 Å². The van der Waals surface area contributed by atoms with Crippen molar-refractivity contribution in [2.24, 2.45) is 13.0 Å². The van der Waals surface area contributed by atoms with E-state index in [1.54, 1.807) is 7.11 Å². The third-order valence-electron chi connectivity index (χ3n) is 4.85. The standard InChI is InChI=1S/C21H27N3O/c1-15(2)20(21-9-10-23-24(21)3)14-22-13-16-5-6-18-12-19(25-4)8-7-17(18)11-16/h5-12,15,20,22H,13-14H2,1-4H3. The van der Waals surface area contributed by atoms with Gasteiger partial charge in [0, 0.05) is 37.9 Å². The highest BCUT2D eigenvalue weighted by Crippen LogP contribution is 2.24. The Morgan fingerprint density at radius 3 is 2.52 bits per heavy atom. The number of aromatic nitrogens is 2. The number of ether oxygens (including phenoxy) is 1. The number of hydrogen-bond donors (Lipinski definition) is 1. The second-order valence-corrected chi connectivity index (χ2v) is 6.91. The molecule has 0 radical (unpaired) electrons. The summed E-state index contributed by atoms with van der Waals surface area (Å²) in [6.07, 6.45) is 1.88. The van der Waals surface area contributed by atoms with E-state index in [0.717, 1.165) is 18.8 Å². The number of nitrogens with one attached hydrogen (secondary N) is 1. The Kier molecular flexibility index (Phi) is 5.39. The van der Waals surface area contributed by atoms with Gasteiger partial charge in [0.05, 0.1) is 7.11 Å². The van der Waals surface area contributed by atoms with Crippen molar-refractivity contribution in [3.63, 3.8) is 0 Å². The van der Waals surface area contributed by atoms with Gasteiger partial charge in [-0.05, 0) is 46.5 Å². The Hall–Kier alpha value is -2.33. The predicted molar refractivity (Wildman–Crippen MR) is 103 cm³/mol. The van der Waals surface area contributed by atoms with Gasteiger partial charge >= 0.3 is 0 Å². The molecular weight excluding hydrogens is 310 g/mol. The van der Waals surface area contributed by atoms with Crippen molar-refractivity contribution in [1.82, 2.24) is 15.1 Å². The van der Waals surface area contributed by atoms with Crippen molar-refractivity contribution >= 4 is 10.8 Å². The normalized spacial score (nSPS) is 12.7. The first-order chi connectivity index (χ1) is 12.1. The fourth-order valence-corrected chi connectivity index (χ4v) is 3.31. The van der Waals surface area contributed by atoms with Gasteiger partial charge in [-0.25, -0.2) is 0 Å². The van der Waals surface area contributed by atoms with Crippen LogP contribution in [0.1, 0.15) is 31.0 Å². The minimum atomic E-state index is 0.456. The third-order valence-corrected chi connectivity index (χ3v) is 4.85. The van der Waals surface area contributed by atoms with Gasteiger partial charge in [0.1, 0.15) is 5.75 Å². The van der Waals surface area contributed by atoms with E-state index in [-0.39, 0.29) is 0 Å². The summed E-state index contributed by atoms with van der Waals surface area (Å²) < 4.78 is 7.27. The van der Waals surface area contributed by atoms with Crippen molar-refractivity contribution in [2.45, 2.75) is 26.3 Å². The van der Waals surface area contributed by atoms with Gasteiger partial charge in [-0.3, -0.25) is 4.68 Å². The summed E-state index contributed by atoms with van der Waals surface area (Å²) in [7, 11) is 3.72. The van der Waals surface area contributed by atoms with E-state index >= 15 is 0 Å². The number of hydrogen-bond acceptors (Lipinski definition) is 3. The van der Waals surface area contributed by atoms with Crippen LogP contribution in [0, 0.1) is 5.92 Å². The molecule has 0 spiro atoms. The molecule has 25 heavy (non-hydrogen) atoms. The molecular formula is C21H27N3O. The third kappa shape index (κ3) is 4.02. The van der Waals surface area contributed by atoms with Crippen LogP contribution in [0.2, 0.25) is 0 Å². The molecule has 1 aromatic heterocycles. The van der Waals surface area contributed by atoms with Crippen LogP contribution < -0.4 is 10.1 Å². The molecule has 0 saturated carbocycles. The number of aryl methyl sites for hydroxylation is 1. The van der Waals surface area contributed by atoms with Crippen molar-refractivity contribution in [3.05, 3.63) is 59.9 Å². The van der Waals surface area contributed by atoms with Crippen LogP contribution in [-0.4, -0.2) is 23.4 Å². The molecule has 0 aliphatic heterocycles. The lowest BCUT2D eigenvalue weighted by molar-refractivity contribution is 0.415. The lowest BCUT2D eigenvalue weighted by Crippen LogP contribution is -2.26. The minimum Gasteiger partial charge on any atom is -0.497 e. The highest BCUT2D eigenvalue weighted by molar-refractivity contribution is 5.84. The molecule has 3 aromatic rings. The molecule has 0 fully saturated rings. The van der Waals surface area contributed by atoms with E-state index in [2.05, 4.69) is 60.7 Å². The second kappa shape index (κ2) is 7.70. The summed E-state index contributed by atoms with van der Waals surface area (Å²) in [4.78, 5) is 0. The molecule has 1 heterocycles. The molecule has 1 unspecified atom stereocenters. The summed E-state index contributed by atoms with van der Waals surface area (Å²) >= 11 is 0. The Labute approximate surface area is 149 Å². The van der Waals surface area contributed by atoms with Crippen LogP contribution in [0.4, 0.5) is 0 Å². The second-order valence-electron chi connectivity index (χ2n) is 6.91. The molecule has 2 aromatic carbocycles. The van der Waals surface area contributed by atoms with Crippen molar-refractivity contribution < 1.29 is 4.74 Å². The van der Waals surface area contributed by atoms with Gasteiger partial charge in [0.2, 0.25) is 0 Å².